The Morgan fingerprint density at radius 1 is 1.53 bits per heavy atom. The first-order chi connectivity index (χ1) is 8.25. The summed E-state index contributed by atoms with van der Waals surface area (Å²) in [6, 6.07) is 3.84. The summed E-state index contributed by atoms with van der Waals surface area (Å²) in [6.45, 7) is 4.35. The fourth-order valence-electron chi connectivity index (χ4n) is 1.55. The van der Waals surface area contributed by atoms with Gasteiger partial charge in [0.05, 0.1) is 4.88 Å². The van der Waals surface area contributed by atoms with Crippen LogP contribution in [0.25, 0.3) is 0 Å². The molecule has 94 valence electrons. The molecule has 17 heavy (non-hydrogen) atoms. The van der Waals surface area contributed by atoms with Crippen molar-refractivity contribution < 1.29 is 9.53 Å². The van der Waals surface area contributed by atoms with Crippen molar-refractivity contribution in [3.05, 3.63) is 21.9 Å². The van der Waals surface area contributed by atoms with E-state index in [9.17, 15) is 4.79 Å². The number of aryl methyl sites for hydroxylation is 1. The molecule has 0 unspecified atom stereocenters. The Kier molecular flexibility index (Phi) is 4.57. The largest absolute Gasteiger partial charge is 0.381 e. The topological polar surface area (TPSA) is 38.3 Å². The first kappa shape index (κ1) is 12.6. The molecule has 0 aliphatic heterocycles. The predicted molar refractivity (Wildman–Crippen MR) is 69.5 cm³/mol. The second-order valence-electron chi connectivity index (χ2n) is 4.54. The van der Waals surface area contributed by atoms with Crippen LogP contribution in [0.3, 0.4) is 0 Å². The van der Waals surface area contributed by atoms with Gasteiger partial charge in [-0.15, -0.1) is 11.3 Å². The highest BCUT2D eigenvalue weighted by Gasteiger charge is 2.20. The molecular weight excluding hydrogens is 234 g/mol. The van der Waals surface area contributed by atoms with Crippen molar-refractivity contribution in [2.24, 2.45) is 5.92 Å². The zero-order valence-corrected chi connectivity index (χ0v) is 11.0. The van der Waals surface area contributed by atoms with Crippen molar-refractivity contribution in [3.63, 3.8) is 0 Å². The van der Waals surface area contributed by atoms with Gasteiger partial charge in [-0.2, -0.15) is 0 Å². The molecule has 0 radical (unpaired) electrons. The summed E-state index contributed by atoms with van der Waals surface area (Å²) >= 11 is 1.53. The van der Waals surface area contributed by atoms with E-state index in [1.165, 1.54) is 29.1 Å². The molecule has 1 amide bonds. The van der Waals surface area contributed by atoms with Crippen molar-refractivity contribution in [1.29, 1.82) is 0 Å². The van der Waals surface area contributed by atoms with E-state index < -0.39 is 0 Å². The Hall–Kier alpha value is -0.870. The van der Waals surface area contributed by atoms with Crippen LogP contribution in [-0.4, -0.2) is 25.7 Å². The Balaban J connectivity index is 1.53. The molecule has 3 nitrogen and oxygen atoms in total. The Morgan fingerprint density at radius 2 is 2.35 bits per heavy atom. The number of ether oxygens (including phenoxy) is 1. The lowest BCUT2D eigenvalue weighted by molar-refractivity contribution is 0.0941. The number of rotatable bonds is 7. The fraction of sp³-hybridized carbons (Fsp3) is 0.615. The lowest BCUT2D eigenvalue weighted by atomic mass is 10.4. The number of carbonyl (C=O) groups excluding carboxylic acids is 1. The second-order valence-corrected chi connectivity index (χ2v) is 5.83. The van der Waals surface area contributed by atoms with E-state index in [1.807, 2.05) is 19.1 Å². The monoisotopic (exact) mass is 253 g/mol. The number of hydrogen-bond donors (Lipinski definition) is 1. The minimum absolute atomic E-state index is 0.0327. The maximum Gasteiger partial charge on any atom is 0.261 e. The van der Waals surface area contributed by atoms with Gasteiger partial charge in [0.15, 0.2) is 0 Å². The molecule has 0 atom stereocenters. The van der Waals surface area contributed by atoms with Crippen LogP contribution in [0.4, 0.5) is 0 Å². The molecular formula is C13H19NO2S. The van der Waals surface area contributed by atoms with Crippen LogP contribution in [0.1, 0.15) is 33.8 Å². The molecule has 0 aromatic carbocycles. The van der Waals surface area contributed by atoms with Crippen LogP contribution < -0.4 is 5.32 Å². The quantitative estimate of drug-likeness (QED) is 0.759. The molecule has 1 aliphatic carbocycles. The number of carbonyl (C=O) groups is 1. The SMILES string of the molecule is Cc1ccc(C(=O)NCCCOCC2CC2)s1. The highest BCUT2D eigenvalue weighted by Crippen LogP contribution is 2.28. The molecule has 0 spiro atoms. The fourth-order valence-corrected chi connectivity index (χ4v) is 2.34. The predicted octanol–water partition coefficient (Wildman–Crippen LogP) is 2.60. The molecule has 1 N–H and O–H groups in total. The van der Waals surface area contributed by atoms with Gasteiger partial charge < -0.3 is 10.1 Å². The molecule has 1 fully saturated rings. The van der Waals surface area contributed by atoms with Crippen LogP contribution in [0, 0.1) is 12.8 Å². The number of hydrogen-bond acceptors (Lipinski definition) is 3. The summed E-state index contributed by atoms with van der Waals surface area (Å²) in [5, 5.41) is 2.91. The van der Waals surface area contributed by atoms with E-state index >= 15 is 0 Å². The highest BCUT2D eigenvalue weighted by atomic mass is 32.1. The minimum atomic E-state index is 0.0327. The first-order valence-electron chi connectivity index (χ1n) is 6.18. The van der Waals surface area contributed by atoms with Crippen LogP contribution in [0.2, 0.25) is 0 Å². The van der Waals surface area contributed by atoms with Gasteiger partial charge in [0.2, 0.25) is 0 Å². The van der Waals surface area contributed by atoms with Gasteiger partial charge in [-0.05, 0) is 44.2 Å². The summed E-state index contributed by atoms with van der Waals surface area (Å²) in [7, 11) is 0. The molecule has 4 heteroatoms. The van der Waals surface area contributed by atoms with E-state index in [4.69, 9.17) is 4.74 Å². The second kappa shape index (κ2) is 6.17. The van der Waals surface area contributed by atoms with Crippen molar-refractivity contribution >= 4 is 17.2 Å². The van der Waals surface area contributed by atoms with Gasteiger partial charge in [-0.25, -0.2) is 0 Å². The zero-order chi connectivity index (χ0) is 12.1. The maximum absolute atomic E-state index is 11.7. The molecule has 1 saturated carbocycles. The number of amides is 1. The summed E-state index contributed by atoms with van der Waals surface area (Å²) in [6.07, 6.45) is 3.55. The Labute approximate surface area is 106 Å². The highest BCUT2D eigenvalue weighted by molar-refractivity contribution is 7.13. The van der Waals surface area contributed by atoms with Gasteiger partial charge in [-0.3, -0.25) is 4.79 Å². The van der Waals surface area contributed by atoms with Crippen LogP contribution in [0.5, 0.6) is 0 Å². The van der Waals surface area contributed by atoms with Crippen LogP contribution >= 0.6 is 11.3 Å². The van der Waals surface area contributed by atoms with Gasteiger partial charge in [-0.1, -0.05) is 0 Å². The van der Waals surface area contributed by atoms with Gasteiger partial charge >= 0.3 is 0 Å². The van der Waals surface area contributed by atoms with Crippen LogP contribution in [-0.2, 0) is 4.74 Å². The molecule has 1 aliphatic rings. The number of thiophene rings is 1. The van der Waals surface area contributed by atoms with Crippen molar-refractivity contribution in [2.75, 3.05) is 19.8 Å². The van der Waals surface area contributed by atoms with Crippen molar-refractivity contribution in [2.45, 2.75) is 26.2 Å². The standard InChI is InChI=1S/C13H19NO2S/c1-10-3-6-12(17-10)13(15)14-7-2-8-16-9-11-4-5-11/h3,6,11H,2,4-5,7-9H2,1H3,(H,14,15). The normalized spacial score (nSPS) is 14.9. The molecule has 1 aromatic heterocycles. The lowest BCUT2D eigenvalue weighted by Gasteiger charge is -2.04. The molecule has 0 saturated heterocycles. The Bertz CT molecular complexity index is 371. The molecule has 1 heterocycles. The maximum atomic E-state index is 11.7. The van der Waals surface area contributed by atoms with E-state index in [0.29, 0.717) is 6.54 Å². The first-order valence-corrected chi connectivity index (χ1v) is 7.00. The van der Waals surface area contributed by atoms with E-state index in [-0.39, 0.29) is 5.91 Å². The van der Waals surface area contributed by atoms with E-state index in [2.05, 4.69) is 5.32 Å². The molecule has 0 bridgehead atoms. The molecule has 2 rings (SSSR count). The summed E-state index contributed by atoms with van der Waals surface area (Å²) < 4.78 is 5.50. The van der Waals surface area contributed by atoms with Crippen molar-refractivity contribution in [1.82, 2.24) is 5.32 Å². The number of nitrogens with one attached hydrogen (secondary N) is 1. The van der Waals surface area contributed by atoms with Gasteiger partial charge in [0.1, 0.15) is 0 Å². The molecule has 1 aromatic rings. The van der Waals surface area contributed by atoms with Crippen LogP contribution in [0.15, 0.2) is 12.1 Å². The lowest BCUT2D eigenvalue weighted by Crippen LogP contribution is -2.24. The third-order valence-electron chi connectivity index (χ3n) is 2.77. The van der Waals surface area contributed by atoms with Gasteiger partial charge in [0, 0.05) is 24.6 Å². The van der Waals surface area contributed by atoms with Crippen molar-refractivity contribution in [3.8, 4) is 0 Å². The smallest absolute Gasteiger partial charge is 0.261 e. The average Bonchev–Trinajstić information content (AvgIpc) is 3.04. The summed E-state index contributed by atoms with van der Waals surface area (Å²) in [5.74, 6) is 0.851. The summed E-state index contributed by atoms with van der Waals surface area (Å²) in [5.41, 5.74) is 0. The average molecular weight is 253 g/mol. The zero-order valence-electron chi connectivity index (χ0n) is 10.2. The minimum Gasteiger partial charge on any atom is -0.381 e. The summed E-state index contributed by atoms with van der Waals surface area (Å²) in [4.78, 5) is 13.6. The third-order valence-corrected chi connectivity index (χ3v) is 3.77. The van der Waals surface area contributed by atoms with Gasteiger partial charge in [0.25, 0.3) is 5.91 Å². The Morgan fingerprint density at radius 3 is 3.00 bits per heavy atom. The van der Waals surface area contributed by atoms with E-state index in [1.54, 1.807) is 0 Å². The third kappa shape index (κ3) is 4.48. The van der Waals surface area contributed by atoms with E-state index in [0.717, 1.165) is 30.4 Å².